The molecule has 0 fully saturated rings. The number of aryl methyl sites for hydroxylation is 2. The van der Waals surface area contributed by atoms with Gasteiger partial charge >= 0.3 is 0 Å². The van der Waals surface area contributed by atoms with Crippen molar-refractivity contribution in [2.24, 2.45) is 0 Å². The van der Waals surface area contributed by atoms with Gasteiger partial charge in [0.15, 0.2) is 4.96 Å². The van der Waals surface area contributed by atoms with E-state index in [4.69, 9.17) is 5.26 Å². The van der Waals surface area contributed by atoms with E-state index in [9.17, 15) is 0 Å². The van der Waals surface area contributed by atoms with Gasteiger partial charge in [0.2, 0.25) is 0 Å². The van der Waals surface area contributed by atoms with Crippen molar-refractivity contribution in [1.82, 2.24) is 9.38 Å². The number of fused-ring (bicyclic) bond motifs is 1. The van der Waals surface area contributed by atoms with Gasteiger partial charge in [-0.05, 0) is 36.6 Å². The van der Waals surface area contributed by atoms with Gasteiger partial charge in [0.05, 0.1) is 30.1 Å². The zero-order valence-corrected chi connectivity index (χ0v) is 11.7. The van der Waals surface area contributed by atoms with Crippen LogP contribution in [0.4, 0.5) is 0 Å². The Labute approximate surface area is 115 Å². The van der Waals surface area contributed by atoms with Gasteiger partial charge in [-0.3, -0.25) is 4.40 Å². The quantitative estimate of drug-likeness (QED) is 0.709. The minimum absolute atomic E-state index is 0.385. The Hall–Kier alpha value is -2.12. The van der Waals surface area contributed by atoms with Crippen molar-refractivity contribution in [3.8, 4) is 17.3 Å². The molecule has 0 saturated carbocycles. The number of hydrogen-bond acceptors (Lipinski definition) is 3. The summed E-state index contributed by atoms with van der Waals surface area (Å²) < 4.78 is 2.08. The van der Waals surface area contributed by atoms with Crippen LogP contribution in [0.15, 0.2) is 29.8 Å². The second-order valence-electron chi connectivity index (χ2n) is 4.62. The third-order valence-electron chi connectivity index (χ3n) is 3.38. The van der Waals surface area contributed by atoms with Gasteiger partial charge in [0.25, 0.3) is 0 Å². The van der Waals surface area contributed by atoms with Crippen molar-refractivity contribution in [3.05, 3.63) is 46.6 Å². The third kappa shape index (κ3) is 1.92. The molecule has 3 nitrogen and oxygen atoms in total. The predicted molar refractivity (Wildman–Crippen MR) is 77.3 cm³/mol. The Balaban J connectivity index is 2.21. The molecular weight excluding hydrogens is 254 g/mol. The lowest BCUT2D eigenvalue weighted by atomic mass is 10.0. The molecule has 3 rings (SSSR count). The van der Waals surface area contributed by atoms with Gasteiger partial charge in [0.1, 0.15) is 0 Å². The van der Waals surface area contributed by atoms with Gasteiger partial charge in [-0.2, -0.15) is 5.26 Å². The molecule has 0 aliphatic rings. The predicted octanol–water partition coefficient (Wildman–Crippen LogP) is 3.75. The lowest BCUT2D eigenvalue weighted by Gasteiger charge is -2.05. The zero-order chi connectivity index (χ0) is 13.4. The van der Waals surface area contributed by atoms with Crippen molar-refractivity contribution < 1.29 is 0 Å². The fourth-order valence-electron chi connectivity index (χ4n) is 2.17. The van der Waals surface area contributed by atoms with Crippen molar-refractivity contribution >= 4 is 16.3 Å². The van der Waals surface area contributed by atoms with Crippen LogP contribution < -0.4 is 0 Å². The summed E-state index contributed by atoms with van der Waals surface area (Å²) in [5, 5.41) is 11.0. The van der Waals surface area contributed by atoms with E-state index in [1.165, 1.54) is 16.7 Å². The van der Waals surface area contributed by atoms with E-state index in [2.05, 4.69) is 52.9 Å². The maximum Gasteiger partial charge on any atom is 0.194 e. The molecule has 1 aromatic carbocycles. The number of benzene rings is 1. The van der Waals surface area contributed by atoms with Crippen LogP contribution in [0, 0.1) is 25.2 Å². The first kappa shape index (κ1) is 11.9. The van der Waals surface area contributed by atoms with Crippen LogP contribution >= 0.6 is 11.3 Å². The third-order valence-corrected chi connectivity index (χ3v) is 4.22. The highest BCUT2D eigenvalue weighted by Gasteiger charge is 2.11. The molecule has 0 bridgehead atoms. The van der Waals surface area contributed by atoms with Gasteiger partial charge < -0.3 is 0 Å². The number of nitriles is 1. The lowest BCUT2D eigenvalue weighted by Crippen LogP contribution is -1.93. The summed E-state index contributed by atoms with van der Waals surface area (Å²) in [7, 11) is 0. The molecule has 0 aliphatic heterocycles. The first-order chi connectivity index (χ1) is 9.20. The van der Waals surface area contributed by atoms with E-state index in [1.54, 1.807) is 17.5 Å². The van der Waals surface area contributed by atoms with Crippen LogP contribution in [-0.4, -0.2) is 9.38 Å². The van der Waals surface area contributed by atoms with Gasteiger partial charge in [-0.25, -0.2) is 4.98 Å². The highest BCUT2D eigenvalue weighted by Crippen LogP contribution is 2.28. The first-order valence-corrected chi connectivity index (χ1v) is 6.97. The number of hydrogen-bond donors (Lipinski definition) is 0. The molecule has 4 heteroatoms. The molecule has 94 valence electrons. The number of rotatable bonds is 2. The molecule has 0 N–H and O–H groups in total. The summed E-state index contributed by atoms with van der Waals surface area (Å²) in [4.78, 5) is 5.30. The van der Waals surface area contributed by atoms with Crippen LogP contribution in [-0.2, 0) is 6.42 Å². The number of nitrogens with zero attached hydrogens (tertiary/aromatic N) is 3. The fraction of sp³-hybridized carbons (Fsp3) is 0.200. The monoisotopic (exact) mass is 267 g/mol. The molecule has 19 heavy (non-hydrogen) atoms. The molecule has 0 saturated heterocycles. The van der Waals surface area contributed by atoms with Crippen molar-refractivity contribution in [2.45, 2.75) is 20.3 Å². The van der Waals surface area contributed by atoms with Crippen molar-refractivity contribution in [3.63, 3.8) is 0 Å². The fourth-order valence-corrected chi connectivity index (χ4v) is 3.07. The molecule has 0 radical (unpaired) electrons. The second-order valence-corrected chi connectivity index (χ2v) is 5.46. The standard InChI is InChI=1S/C15H13N3S/c1-10-3-4-12(7-11(10)2)14-9-19-15-17-8-13(5-6-16)18(14)15/h3-4,7-9H,5H2,1-2H3. The number of aromatic nitrogens is 2. The SMILES string of the molecule is Cc1ccc(-c2csc3ncc(CC#N)n23)cc1C. The van der Waals surface area contributed by atoms with Crippen molar-refractivity contribution in [1.29, 1.82) is 5.26 Å². The summed E-state index contributed by atoms with van der Waals surface area (Å²) >= 11 is 1.61. The molecule has 0 aliphatic carbocycles. The zero-order valence-electron chi connectivity index (χ0n) is 10.8. The Morgan fingerprint density at radius 3 is 2.89 bits per heavy atom. The van der Waals surface area contributed by atoms with E-state index in [-0.39, 0.29) is 0 Å². The Kier molecular flexibility index (Phi) is 2.84. The van der Waals surface area contributed by atoms with E-state index in [1.807, 2.05) is 0 Å². The van der Waals surface area contributed by atoms with Crippen molar-refractivity contribution in [2.75, 3.05) is 0 Å². The Morgan fingerprint density at radius 2 is 2.16 bits per heavy atom. The molecule has 0 spiro atoms. The van der Waals surface area contributed by atoms with Crippen LogP contribution in [0.3, 0.4) is 0 Å². The van der Waals surface area contributed by atoms with Crippen LogP contribution in [0.1, 0.15) is 16.8 Å². The maximum absolute atomic E-state index is 8.89. The molecule has 0 unspecified atom stereocenters. The maximum atomic E-state index is 8.89. The summed E-state index contributed by atoms with van der Waals surface area (Å²) in [5.41, 5.74) is 5.81. The smallest absolute Gasteiger partial charge is 0.194 e. The normalized spacial score (nSPS) is 10.8. The van der Waals surface area contributed by atoms with Gasteiger partial charge in [0, 0.05) is 5.38 Å². The minimum atomic E-state index is 0.385. The summed E-state index contributed by atoms with van der Waals surface area (Å²) in [6.45, 7) is 4.23. The van der Waals surface area contributed by atoms with E-state index >= 15 is 0 Å². The summed E-state index contributed by atoms with van der Waals surface area (Å²) in [6, 6.07) is 8.64. The Morgan fingerprint density at radius 1 is 1.32 bits per heavy atom. The van der Waals surface area contributed by atoms with Crippen LogP contribution in [0.2, 0.25) is 0 Å². The van der Waals surface area contributed by atoms with E-state index in [0.29, 0.717) is 6.42 Å². The van der Waals surface area contributed by atoms with Gasteiger partial charge in [-0.1, -0.05) is 12.1 Å². The molecule has 2 heterocycles. The highest BCUT2D eigenvalue weighted by molar-refractivity contribution is 7.15. The molecule has 3 aromatic rings. The number of imidazole rings is 1. The minimum Gasteiger partial charge on any atom is -0.286 e. The topological polar surface area (TPSA) is 41.1 Å². The highest BCUT2D eigenvalue weighted by atomic mass is 32.1. The second kappa shape index (κ2) is 4.52. The Bertz CT molecular complexity index is 789. The van der Waals surface area contributed by atoms with E-state index in [0.717, 1.165) is 16.3 Å². The average molecular weight is 267 g/mol. The molecule has 0 atom stereocenters. The largest absolute Gasteiger partial charge is 0.286 e. The molecule has 0 amide bonds. The molecule has 2 aromatic heterocycles. The summed E-state index contributed by atoms with van der Waals surface area (Å²) in [5.74, 6) is 0. The van der Waals surface area contributed by atoms with E-state index < -0.39 is 0 Å². The average Bonchev–Trinajstić information content (AvgIpc) is 2.96. The van der Waals surface area contributed by atoms with Crippen LogP contribution in [0.5, 0.6) is 0 Å². The summed E-state index contributed by atoms with van der Waals surface area (Å²) in [6.07, 6.45) is 2.18. The number of thiazole rings is 1. The molecular formula is C15H13N3S. The van der Waals surface area contributed by atoms with Crippen LogP contribution in [0.25, 0.3) is 16.2 Å². The lowest BCUT2D eigenvalue weighted by molar-refractivity contribution is 1.08. The van der Waals surface area contributed by atoms with Gasteiger partial charge in [-0.15, -0.1) is 11.3 Å². The first-order valence-electron chi connectivity index (χ1n) is 6.09.